The molecule has 0 aromatic carbocycles. The summed E-state index contributed by atoms with van der Waals surface area (Å²) in [5.41, 5.74) is 8.03. The molecule has 19 heavy (non-hydrogen) atoms. The first kappa shape index (κ1) is 14.4. The molecule has 0 bridgehead atoms. The third kappa shape index (κ3) is 4.00. The zero-order valence-corrected chi connectivity index (χ0v) is 12.4. The third-order valence-corrected chi connectivity index (χ3v) is 3.78. The van der Waals surface area contributed by atoms with E-state index in [0.29, 0.717) is 6.54 Å². The lowest BCUT2D eigenvalue weighted by Gasteiger charge is -2.42. The van der Waals surface area contributed by atoms with Crippen LogP contribution in [-0.2, 0) is 13.1 Å². The molecule has 0 radical (unpaired) electrons. The van der Waals surface area contributed by atoms with Crippen molar-refractivity contribution in [3.05, 3.63) is 29.6 Å². The molecule has 1 aliphatic rings. The number of aromatic nitrogens is 1. The molecule has 0 spiro atoms. The molecule has 1 aromatic rings. The van der Waals surface area contributed by atoms with Crippen molar-refractivity contribution >= 4 is 0 Å². The molecule has 1 saturated heterocycles. The Morgan fingerprint density at radius 2 is 1.74 bits per heavy atom. The number of nitrogens with two attached hydrogens (primary N) is 1. The molecule has 4 nitrogen and oxygen atoms in total. The van der Waals surface area contributed by atoms with Crippen LogP contribution >= 0.6 is 0 Å². The molecule has 2 heterocycles. The first-order valence-corrected chi connectivity index (χ1v) is 7.11. The van der Waals surface area contributed by atoms with E-state index in [-0.39, 0.29) is 5.54 Å². The summed E-state index contributed by atoms with van der Waals surface area (Å²) < 4.78 is 0. The van der Waals surface area contributed by atoms with Crippen LogP contribution in [0.5, 0.6) is 0 Å². The number of pyridine rings is 1. The Labute approximate surface area is 116 Å². The summed E-state index contributed by atoms with van der Waals surface area (Å²) in [5, 5.41) is 0. The van der Waals surface area contributed by atoms with Crippen molar-refractivity contribution in [3.63, 3.8) is 0 Å². The number of nitrogens with zero attached hydrogens (tertiary/aromatic N) is 3. The Morgan fingerprint density at radius 3 is 2.32 bits per heavy atom. The molecule has 0 aliphatic carbocycles. The first-order valence-electron chi connectivity index (χ1n) is 7.11. The topological polar surface area (TPSA) is 45.4 Å². The average Bonchev–Trinajstić information content (AvgIpc) is 2.38. The molecule has 0 saturated carbocycles. The van der Waals surface area contributed by atoms with Gasteiger partial charge in [-0.15, -0.1) is 0 Å². The van der Waals surface area contributed by atoms with E-state index >= 15 is 0 Å². The Bertz CT molecular complexity index is 403. The van der Waals surface area contributed by atoms with Gasteiger partial charge in [0.05, 0.1) is 11.4 Å². The van der Waals surface area contributed by atoms with Crippen molar-refractivity contribution in [3.8, 4) is 0 Å². The average molecular weight is 262 g/mol. The summed E-state index contributed by atoms with van der Waals surface area (Å²) in [7, 11) is 0. The van der Waals surface area contributed by atoms with Crippen LogP contribution in [0.1, 0.15) is 32.2 Å². The van der Waals surface area contributed by atoms with Crippen LogP contribution in [0.25, 0.3) is 0 Å². The molecule has 106 valence electrons. The van der Waals surface area contributed by atoms with Crippen molar-refractivity contribution < 1.29 is 0 Å². The van der Waals surface area contributed by atoms with Crippen molar-refractivity contribution in [2.45, 2.75) is 39.4 Å². The van der Waals surface area contributed by atoms with Gasteiger partial charge in [0.1, 0.15) is 0 Å². The van der Waals surface area contributed by atoms with Gasteiger partial charge in [-0.1, -0.05) is 6.07 Å². The van der Waals surface area contributed by atoms with Gasteiger partial charge in [-0.25, -0.2) is 0 Å². The minimum Gasteiger partial charge on any atom is -0.325 e. The highest BCUT2D eigenvalue weighted by Crippen LogP contribution is 2.16. The highest BCUT2D eigenvalue weighted by atomic mass is 15.3. The highest BCUT2D eigenvalue weighted by Gasteiger charge is 2.25. The largest absolute Gasteiger partial charge is 0.325 e. The molecule has 0 amide bonds. The number of hydrogen-bond acceptors (Lipinski definition) is 4. The molecule has 0 atom stereocenters. The van der Waals surface area contributed by atoms with E-state index in [1.54, 1.807) is 0 Å². The van der Waals surface area contributed by atoms with Crippen LogP contribution in [0.4, 0.5) is 0 Å². The maximum absolute atomic E-state index is 5.64. The van der Waals surface area contributed by atoms with Crippen LogP contribution < -0.4 is 5.73 Å². The second-order valence-electron chi connectivity index (χ2n) is 6.26. The molecule has 1 fully saturated rings. The lowest BCUT2D eigenvalue weighted by Crippen LogP contribution is -2.53. The number of hydrogen-bond donors (Lipinski definition) is 1. The minimum absolute atomic E-state index is 0.282. The Hall–Kier alpha value is -0.970. The smallest absolute Gasteiger partial charge is 0.0547 e. The van der Waals surface area contributed by atoms with Gasteiger partial charge in [-0.3, -0.25) is 14.8 Å². The van der Waals surface area contributed by atoms with Gasteiger partial charge in [-0.05, 0) is 32.9 Å². The van der Waals surface area contributed by atoms with Crippen molar-refractivity contribution in [2.24, 2.45) is 5.73 Å². The first-order chi connectivity index (χ1) is 8.99. The zero-order chi connectivity index (χ0) is 13.9. The Morgan fingerprint density at radius 1 is 1.11 bits per heavy atom. The van der Waals surface area contributed by atoms with Gasteiger partial charge in [0.15, 0.2) is 0 Å². The third-order valence-electron chi connectivity index (χ3n) is 3.78. The summed E-state index contributed by atoms with van der Waals surface area (Å²) in [4.78, 5) is 9.60. The van der Waals surface area contributed by atoms with Crippen molar-refractivity contribution in [1.82, 2.24) is 14.8 Å². The van der Waals surface area contributed by atoms with Gasteiger partial charge in [-0.2, -0.15) is 0 Å². The van der Waals surface area contributed by atoms with Crippen LogP contribution in [0.15, 0.2) is 18.2 Å². The Balaban J connectivity index is 1.88. The van der Waals surface area contributed by atoms with Gasteiger partial charge in [0, 0.05) is 44.8 Å². The van der Waals surface area contributed by atoms with Crippen LogP contribution in [-0.4, -0.2) is 46.5 Å². The fraction of sp³-hybridized carbons (Fsp3) is 0.667. The van der Waals surface area contributed by atoms with E-state index in [0.717, 1.165) is 44.1 Å². The second-order valence-corrected chi connectivity index (χ2v) is 6.26. The van der Waals surface area contributed by atoms with Gasteiger partial charge in [0.2, 0.25) is 0 Å². The van der Waals surface area contributed by atoms with Gasteiger partial charge in [0.25, 0.3) is 0 Å². The van der Waals surface area contributed by atoms with E-state index < -0.39 is 0 Å². The minimum atomic E-state index is 0.282. The van der Waals surface area contributed by atoms with E-state index in [2.05, 4.69) is 47.7 Å². The van der Waals surface area contributed by atoms with Crippen molar-refractivity contribution in [2.75, 3.05) is 26.2 Å². The normalized spacial score (nSPS) is 18.7. The van der Waals surface area contributed by atoms with Crippen LogP contribution in [0.2, 0.25) is 0 Å². The standard InChI is InChI=1S/C15H26N4/c1-15(2,3)19-9-7-18(8-10-19)12-14-6-4-5-13(11-16)17-14/h4-6H,7-12,16H2,1-3H3. The molecule has 1 aromatic heterocycles. The molecule has 0 unspecified atom stereocenters. The van der Waals surface area contributed by atoms with Gasteiger partial charge < -0.3 is 5.73 Å². The lowest BCUT2D eigenvalue weighted by atomic mass is 10.0. The predicted molar refractivity (Wildman–Crippen MR) is 78.7 cm³/mol. The fourth-order valence-corrected chi connectivity index (χ4v) is 2.54. The van der Waals surface area contributed by atoms with Crippen molar-refractivity contribution in [1.29, 1.82) is 0 Å². The quantitative estimate of drug-likeness (QED) is 0.896. The zero-order valence-electron chi connectivity index (χ0n) is 12.4. The van der Waals surface area contributed by atoms with E-state index in [4.69, 9.17) is 5.73 Å². The summed E-state index contributed by atoms with van der Waals surface area (Å²) in [5.74, 6) is 0. The summed E-state index contributed by atoms with van der Waals surface area (Å²) in [6.07, 6.45) is 0. The second kappa shape index (κ2) is 5.99. The van der Waals surface area contributed by atoms with Crippen LogP contribution in [0, 0.1) is 0 Å². The predicted octanol–water partition coefficient (Wildman–Crippen LogP) is 1.46. The van der Waals surface area contributed by atoms with E-state index in [1.807, 2.05) is 6.07 Å². The molecular formula is C15H26N4. The SMILES string of the molecule is CC(C)(C)N1CCN(Cc2cccc(CN)n2)CC1. The fourth-order valence-electron chi connectivity index (χ4n) is 2.54. The molecular weight excluding hydrogens is 236 g/mol. The van der Waals surface area contributed by atoms with Gasteiger partial charge >= 0.3 is 0 Å². The molecule has 2 N–H and O–H groups in total. The molecule has 4 heteroatoms. The lowest BCUT2D eigenvalue weighted by molar-refractivity contribution is 0.0585. The maximum atomic E-state index is 5.64. The Kier molecular flexibility index (Phi) is 4.55. The summed E-state index contributed by atoms with van der Waals surface area (Å²) in [6.45, 7) is 12.8. The van der Waals surface area contributed by atoms with E-state index in [1.165, 1.54) is 0 Å². The highest BCUT2D eigenvalue weighted by molar-refractivity contribution is 5.11. The summed E-state index contributed by atoms with van der Waals surface area (Å²) in [6, 6.07) is 6.13. The maximum Gasteiger partial charge on any atom is 0.0547 e. The summed E-state index contributed by atoms with van der Waals surface area (Å²) >= 11 is 0. The number of piperazine rings is 1. The molecule has 1 aliphatic heterocycles. The van der Waals surface area contributed by atoms with E-state index in [9.17, 15) is 0 Å². The molecule has 2 rings (SSSR count). The van der Waals surface area contributed by atoms with Crippen LogP contribution in [0.3, 0.4) is 0 Å². The monoisotopic (exact) mass is 262 g/mol. The number of rotatable bonds is 3.